The summed E-state index contributed by atoms with van der Waals surface area (Å²) in [5.74, 6) is -0.757. The van der Waals surface area contributed by atoms with E-state index in [0.29, 0.717) is 6.42 Å². The van der Waals surface area contributed by atoms with Crippen LogP contribution in [0, 0.1) is 0 Å². The lowest BCUT2D eigenvalue weighted by Crippen LogP contribution is -1.97. The van der Waals surface area contributed by atoms with Gasteiger partial charge in [0.2, 0.25) is 0 Å². The van der Waals surface area contributed by atoms with Crippen molar-refractivity contribution < 1.29 is 9.90 Å². The minimum absolute atomic E-state index is 0.172. The highest BCUT2D eigenvalue weighted by atomic mass is 79.9. The summed E-state index contributed by atoms with van der Waals surface area (Å²) < 4.78 is 1.02. The number of fused-ring (bicyclic) bond motifs is 1. The summed E-state index contributed by atoms with van der Waals surface area (Å²) in [6.45, 7) is 0. The van der Waals surface area contributed by atoms with Crippen molar-refractivity contribution in [1.82, 2.24) is 0 Å². The van der Waals surface area contributed by atoms with Crippen LogP contribution in [0.4, 0.5) is 0 Å². The van der Waals surface area contributed by atoms with Crippen molar-refractivity contribution in [3.05, 3.63) is 46.4 Å². The Morgan fingerprint density at radius 2 is 2.06 bits per heavy atom. The molecule has 2 aromatic carbocycles. The Kier molecular flexibility index (Phi) is 3.25. The number of aryl methyl sites for hydroxylation is 1. The number of hydrogen-bond donors (Lipinski definition) is 1. The molecule has 0 aliphatic carbocycles. The number of rotatable bonds is 3. The summed E-state index contributed by atoms with van der Waals surface area (Å²) in [6.07, 6.45) is 0.745. The van der Waals surface area contributed by atoms with E-state index < -0.39 is 5.97 Å². The van der Waals surface area contributed by atoms with Crippen molar-refractivity contribution in [3.63, 3.8) is 0 Å². The third-order valence-corrected chi connectivity index (χ3v) is 3.04. The van der Waals surface area contributed by atoms with Crippen molar-refractivity contribution in [2.24, 2.45) is 0 Å². The zero-order valence-corrected chi connectivity index (χ0v) is 10.2. The van der Waals surface area contributed by atoms with Gasteiger partial charge in [-0.1, -0.05) is 40.2 Å². The molecule has 0 fully saturated rings. The van der Waals surface area contributed by atoms with Crippen LogP contribution in [0.5, 0.6) is 0 Å². The number of carbonyl (C=O) groups is 1. The highest BCUT2D eigenvalue weighted by molar-refractivity contribution is 9.10. The third kappa shape index (κ3) is 2.42. The van der Waals surface area contributed by atoms with Crippen LogP contribution in [0.1, 0.15) is 12.0 Å². The van der Waals surface area contributed by atoms with Crippen LogP contribution in [0.2, 0.25) is 0 Å². The van der Waals surface area contributed by atoms with E-state index in [-0.39, 0.29) is 6.42 Å². The summed E-state index contributed by atoms with van der Waals surface area (Å²) in [5, 5.41) is 11.0. The number of halogens is 1. The molecule has 0 saturated carbocycles. The number of hydrogen-bond acceptors (Lipinski definition) is 1. The molecule has 0 aliphatic heterocycles. The van der Waals surface area contributed by atoms with Gasteiger partial charge in [0, 0.05) is 10.9 Å². The normalized spacial score (nSPS) is 10.6. The average Bonchev–Trinajstić information content (AvgIpc) is 2.26. The fourth-order valence-electron chi connectivity index (χ4n) is 1.77. The molecule has 0 amide bonds. The highest BCUT2D eigenvalue weighted by Crippen LogP contribution is 2.24. The van der Waals surface area contributed by atoms with E-state index in [9.17, 15) is 4.79 Å². The Morgan fingerprint density at radius 1 is 1.25 bits per heavy atom. The van der Waals surface area contributed by atoms with Gasteiger partial charge in [-0.2, -0.15) is 0 Å². The van der Waals surface area contributed by atoms with Gasteiger partial charge in [0.15, 0.2) is 0 Å². The first-order valence-corrected chi connectivity index (χ1v) is 5.85. The largest absolute Gasteiger partial charge is 0.481 e. The van der Waals surface area contributed by atoms with Crippen molar-refractivity contribution in [2.75, 3.05) is 0 Å². The first-order chi connectivity index (χ1) is 7.66. The Morgan fingerprint density at radius 3 is 2.81 bits per heavy atom. The van der Waals surface area contributed by atoms with Gasteiger partial charge in [0.05, 0.1) is 0 Å². The molecule has 0 atom stereocenters. The SMILES string of the molecule is O=C(O)CCc1cccc2ccc(Br)cc12. The number of carboxylic acid groups (broad SMARTS) is 1. The molecule has 2 nitrogen and oxygen atoms in total. The van der Waals surface area contributed by atoms with E-state index in [0.717, 1.165) is 20.8 Å². The van der Waals surface area contributed by atoms with Crippen LogP contribution in [0.3, 0.4) is 0 Å². The molecule has 82 valence electrons. The molecule has 0 bridgehead atoms. The fourth-order valence-corrected chi connectivity index (χ4v) is 2.13. The predicted molar refractivity (Wildman–Crippen MR) is 67.6 cm³/mol. The minimum Gasteiger partial charge on any atom is -0.481 e. The molecule has 2 aromatic rings. The lowest BCUT2D eigenvalue weighted by atomic mass is 10.0. The second-order valence-corrected chi connectivity index (χ2v) is 4.59. The van der Waals surface area contributed by atoms with Crippen LogP contribution in [-0.2, 0) is 11.2 Å². The molecule has 0 unspecified atom stereocenters. The Bertz CT molecular complexity index is 534. The molecule has 1 N–H and O–H groups in total. The number of benzene rings is 2. The molecule has 0 spiro atoms. The summed E-state index contributed by atoms with van der Waals surface area (Å²) in [7, 11) is 0. The highest BCUT2D eigenvalue weighted by Gasteiger charge is 2.04. The molecule has 16 heavy (non-hydrogen) atoms. The second-order valence-electron chi connectivity index (χ2n) is 3.68. The monoisotopic (exact) mass is 278 g/mol. The Labute approximate surface area is 102 Å². The Hall–Kier alpha value is -1.35. The van der Waals surface area contributed by atoms with Crippen molar-refractivity contribution in [1.29, 1.82) is 0 Å². The second kappa shape index (κ2) is 4.66. The standard InChI is InChI=1S/C13H11BrO2/c14-11-6-4-9-2-1-3-10(12(9)8-11)5-7-13(15)16/h1-4,6,8H,5,7H2,(H,15,16). The zero-order chi connectivity index (χ0) is 11.5. The number of aliphatic carboxylic acids is 1. The lowest BCUT2D eigenvalue weighted by Gasteiger charge is -2.05. The van der Waals surface area contributed by atoms with Gasteiger partial charge >= 0.3 is 5.97 Å². The maximum atomic E-state index is 10.6. The van der Waals surface area contributed by atoms with Gasteiger partial charge in [-0.3, -0.25) is 4.79 Å². The predicted octanol–water partition coefficient (Wildman–Crippen LogP) is 3.62. The first-order valence-electron chi connectivity index (χ1n) is 5.06. The maximum Gasteiger partial charge on any atom is 0.303 e. The topological polar surface area (TPSA) is 37.3 Å². The van der Waals surface area contributed by atoms with Crippen LogP contribution in [0.25, 0.3) is 10.8 Å². The molecule has 0 aromatic heterocycles. The van der Waals surface area contributed by atoms with E-state index in [1.54, 1.807) is 0 Å². The van der Waals surface area contributed by atoms with Crippen LogP contribution >= 0.6 is 15.9 Å². The van der Waals surface area contributed by atoms with E-state index >= 15 is 0 Å². The molecule has 0 aliphatic rings. The van der Waals surface area contributed by atoms with Crippen LogP contribution < -0.4 is 0 Å². The lowest BCUT2D eigenvalue weighted by molar-refractivity contribution is -0.136. The summed E-state index contributed by atoms with van der Waals surface area (Å²) in [5.41, 5.74) is 1.08. The van der Waals surface area contributed by atoms with Gasteiger partial charge in [0.1, 0.15) is 0 Å². The summed E-state index contributed by atoms with van der Waals surface area (Å²) >= 11 is 3.43. The van der Waals surface area contributed by atoms with Gasteiger partial charge in [-0.15, -0.1) is 0 Å². The maximum absolute atomic E-state index is 10.6. The van der Waals surface area contributed by atoms with E-state index in [4.69, 9.17) is 5.11 Å². The molecular formula is C13H11BrO2. The van der Waals surface area contributed by atoms with Gasteiger partial charge < -0.3 is 5.11 Å². The Balaban J connectivity index is 2.43. The van der Waals surface area contributed by atoms with Gasteiger partial charge in [0.25, 0.3) is 0 Å². The molecule has 0 heterocycles. The zero-order valence-electron chi connectivity index (χ0n) is 8.61. The van der Waals surface area contributed by atoms with Gasteiger partial charge in [-0.25, -0.2) is 0 Å². The molecular weight excluding hydrogens is 268 g/mol. The van der Waals surface area contributed by atoms with E-state index in [2.05, 4.69) is 15.9 Å². The third-order valence-electron chi connectivity index (χ3n) is 2.54. The van der Waals surface area contributed by atoms with Crippen molar-refractivity contribution >= 4 is 32.7 Å². The molecule has 0 saturated heterocycles. The molecule has 3 heteroatoms. The fraction of sp³-hybridized carbons (Fsp3) is 0.154. The summed E-state index contributed by atoms with van der Waals surface area (Å²) in [4.78, 5) is 10.6. The van der Waals surface area contributed by atoms with E-state index in [1.807, 2.05) is 36.4 Å². The number of carboxylic acids is 1. The van der Waals surface area contributed by atoms with Crippen LogP contribution in [0.15, 0.2) is 40.9 Å². The van der Waals surface area contributed by atoms with Gasteiger partial charge in [-0.05, 0) is 34.9 Å². The smallest absolute Gasteiger partial charge is 0.303 e. The molecule has 0 radical (unpaired) electrons. The van der Waals surface area contributed by atoms with Crippen molar-refractivity contribution in [3.8, 4) is 0 Å². The summed E-state index contributed by atoms with van der Waals surface area (Å²) in [6, 6.07) is 12.0. The van der Waals surface area contributed by atoms with Crippen LogP contribution in [-0.4, -0.2) is 11.1 Å². The van der Waals surface area contributed by atoms with Crippen molar-refractivity contribution in [2.45, 2.75) is 12.8 Å². The quantitative estimate of drug-likeness (QED) is 0.931. The molecule has 2 rings (SSSR count). The first kappa shape index (κ1) is 11.1. The minimum atomic E-state index is -0.757. The average molecular weight is 279 g/mol. The van der Waals surface area contributed by atoms with E-state index in [1.165, 1.54) is 0 Å².